The molecule has 1 saturated heterocycles. The summed E-state index contributed by atoms with van der Waals surface area (Å²) in [5.41, 5.74) is 1.84. The van der Waals surface area contributed by atoms with E-state index in [4.69, 9.17) is 16.3 Å². The third-order valence-corrected chi connectivity index (χ3v) is 4.79. The second kappa shape index (κ2) is 8.37. The van der Waals surface area contributed by atoms with E-state index in [0.29, 0.717) is 17.1 Å². The SMILES string of the molecule is COc1cccc([C@@H](CN=Cc2cc(Cl)ccc2O)N2CCCC2)c1. The molecule has 0 radical (unpaired) electrons. The molecule has 3 rings (SSSR count). The van der Waals surface area contributed by atoms with Crippen molar-refractivity contribution in [2.45, 2.75) is 18.9 Å². The highest BCUT2D eigenvalue weighted by Gasteiger charge is 2.23. The van der Waals surface area contributed by atoms with Crippen LogP contribution in [0, 0.1) is 0 Å². The molecule has 0 aliphatic carbocycles. The maximum atomic E-state index is 9.92. The predicted octanol–water partition coefficient (Wildman–Crippen LogP) is 4.31. The summed E-state index contributed by atoms with van der Waals surface area (Å²) in [6.07, 6.45) is 4.14. The number of halogens is 1. The number of rotatable bonds is 6. The smallest absolute Gasteiger partial charge is 0.124 e. The second-order valence-electron chi connectivity index (χ2n) is 6.23. The van der Waals surface area contributed by atoms with E-state index in [1.807, 2.05) is 12.1 Å². The van der Waals surface area contributed by atoms with E-state index >= 15 is 0 Å². The van der Waals surface area contributed by atoms with E-state index in [-0.39, 0.29) is 11.8 Å². The van der Waals surface area contributed by atoms with Crippen LogP contribution in [0.2, 0.25) is 5.02 Å². The van der Waals surface area contributed by atoms with Gasteiger partial charge in [-0.3, -0.25) is 9.89 Å². The van der Waals surface area contributed by atoms with E-state index in [1.165, 1.54) is 18.4 Å². The van der Waals surface area contributed by atoms with Gasteiger partial charge in [-0.2, -0.15) is 0 Å². The van der Waals surface area contributed by atoms with E-state index in [9.17, 15) is 5.11 Å². The molecule has 1 N–H and O–H groups in total. The first-order chi connectivity index (χ1) is 12.2. The molecular weight excluding hydrogens is 336 g/mol. The molecule has 2 aromatic rings. The molecule has 0 spiro atoms. The van der Waals surface area contributed by atoms with Gasteiger partial charge in [-0.15, -0.1) is 0 Å². The summed E-state index contributed by atoms with van der Waals surface area (Å²) in [5.74, 6) is 1.05. The van der Waals surface area contributed by atoms with E-state index in [0.717, 1.165) is 18.8 Å². The Bertz CT molecular complexity index is 742. The van der Waals surface area contributed by atoms with Crippen molar-refractivity contribution in [2.24, 2.45) is 4.99 Å². The number of methoxy groups -OCH3 is 1. The van der Waals surface area contributed by atoms with Crippen LogP contribution in [0.1, 0.15) is 30.0 Å². The van der Waals surface area contributed by atoms with Gasteiger partial charge in [0.05, 0.1) is 19.7 Å². The van der Waals surface area contributed by atoms with Crippen molar-refractivity contribution < 1.29 is 9.84 Å². The molecule has 1 atom stereocenters. The highest BCUT2D eigenvalue weighted by atomic mass is 35.5. The molecular formula is C20H23ClN2O2. The van der Waals surface area contributed by atoms with Crippen molar-refractivity contribution in [3.63, 3.8) is 0 Å². The van der Waals surface area contributed by atoms with Crippen molar-refractivity contribution in [3.8, 4) is 11.5 Å². The summed E-state index contributed by atoms with van der Waals surface area (Å²) >= 11 is 6.00. The van der Waals surface area contributed by atoms with E-state index in [2.05, 4.69) is 22.0 Å². The van der Waals surface area contributed by atoms with Crippen LogP contribution in [0.25, 0.3) is 0 Å². The predicted molar refractivity (Wildman–Crippen MR) is 102 cm³/mol. The maximum Gasteiger partial charge on any atom is 0.124 e. The van der Waals surface area contributed by atoms with Gasteiger partial charge in [0.25, 0.3) is 0 Å². The van der Waals surface area contributed by atoms with Gasteiger partial charge in [0.2, 0.25) is 0 Å². The molecule has 2 aromatic carbocycles. The van der Waals surface area contributed by atoms with Gasteiger partial charge >= 0.3 is 0 Å². The lowest BCUT2D eigenvalue weighted by Gasteiger charge is -2.26. The summed E-state index contributed by atoms with van der Waals surface area (Å²) in [4.78, 5) is 7.06. The van der Waals surface area contributed by atoms with Crippen LogP contribution in [-0.4, -0.2) is 43.0 Å². The number of nitrogens with zero attached hydrogens (tertiary/aromatic N) is 2. The fourth-order valence-electron chi connectivity index (χ4n) is 3.21. The third kappa shape index (κ3) is 4.53. The Balaban J connectivity index is 1.80. The molecule has 132 valence electrons. The fraction of sp³-hybridized carbons (Fsp3) is 0.350. The summed E-state index contributed by atoms with van der Waals surface area (Å²) in [6.45, 7) is 2.79. The Labute approximate surface area is 153 Å². The molecule has 4 nitrogen and oxygen atoms in total. The van der Waals surface area contributed by atoms with Gasteiger partial charge in [-0.25, -0.2) is 0 Å². The quantitative estimate of drug-likeness (QED) is 0.782. The molecule has 0 aromatic heterocycles. The van der Waals surface area contributed by atoms with Crippen LogP contribution < -0.4 is 4.74 Å². The normalized spacial score (nSPS) is 16.4. The molecule has 0 saturated carbocycles. The Morgan fingerprint density at radius 3 is 2.80 bits per heavy atom. The summed E-state index contributed by atoms with van der Waals surface area (Å²) in [7, 11) is 1.68. The summed E-state index contributed by atoms with van der Waals surface area (Å²) < 4.78 is 5.37. The number of aromatic hydroxyl groups is 1. The third-order valence-electron chi connectivity index (χ3n) is 4.56. The zero-order valence-electron chi connectivity index (χ0n) is 14.4. The molecule has 0 amide bonds. The van der Waals surface area contributed by atoms with Gasteiger partial charge in [-0.1, -0.05) is 23.7 Å². The first kappa shape index (κ1) is 17.8. The van der Waals surface area contributed by atoms with Crippen LogP contribution in [-0.2, 0) is 0 Å². The van der Waals surface area contributed by atoms with Gasteiger partial charge in [0.15, 0.2) is 0 Å². The van der Waals surface area contributed by atoms with Crippen LogP contribution >= 0.6 is 11.6 Å². The average molecular weight is 359 g/mol. The fourth-order valence-corrected chi connectivity index (χ4v) is 3.39. The molecule has 1 fully saturated rings. The monoisotopic (exact) mass is 358 g/mol. The number of ether oxygens (including phenoxy) is 1. The molecule has 0 bridgehead atoms. The molecule has 1 aliphatic rings. The highest BCUT2D eigenvalue weighted by molar-refractivity contribution is 6.30. The largest absolute Gasteiger partial charge is 0.507 e. The average Bonchev–Trinajstić information content (AvgIpc) is 3.16. The van der Waals surface area contributed by atoms with Gasteiger partial charge in [0.1, 0.15) is 11.5 Å². The number of hydrogen-bond acceptors (Lipinski definition) is 4. The topological polar surface area (TPSA) is 45.1 Å². The first-order valence-electron chi connectivity index (χ1n) is 8.54. The van der Waals surface area contributed by atoms with E-state index in [1.54, 1.807) is 31.5 Å². The Kier molecular flexibility index (Phi) is 5.95. The van der Waals surface area contributed by atoms with Crippen LogP contribution in [0.4, 0.5) is 0 Å². The lowest BCUT2D eigenvalue weighted by Crippen LogP contribution is -2.27. The molecule has 5 heteroatoms. The number of phenolic OH excluding ortho intramolecular Hbond substituents is 1. The van der Waals surface area contributed by atoms with Crippen LogP contribution in [0.3, 0.4) is 0 Å². The zero-order valence-corrected chi connectivity index (χ0v) is 15.1. The van der Waals surface area contributed by atoms with Gasteiger partial charge in [-0.05, 0) is 61.8 Å². The number of aliphatic imine (C=N–C) groups is 1. The summed E-state index contributed by atoms with van der Waals surface area (Å²) in [5, 5.41) is 10.5. The number of phenols is 1. The minimum absolute atomic E-state index is 0.187. The Morgan fingerprint density at radius 1 is 1.24 bits per heavy atom. The van der Waals surface area contributed by atoms with Crippen molar-refractivity contribution in [2.75, 3.05) is 26.7 Å². The lowest BCUT2D eigenvalue weighted by atomic mass is 10.1. The number of likely N-dealkylation sites (tertiary alicyclic amines) is 1. The first-order valence-corrected chi connectivity index (χ1v) is 8.91. The summed E-state index contributed by atoms with van der Waals surface area (Å²) in [6, 6.07) is 13.3. The van der Waals surface area contributed by atoms with Crippen LogP contribution in [0.5, 0.6) is 11.5 Å². The Hall–Kier alpha value is -2.04. The van der Waals surface area contributed by atoms with Gasteiger partial charge < -0.3 is 9.84 Å². The maximum absolute atomic E-state index is 9.92. The molecule has 1 heterocycles. The van der Waals surface area contributed by atoms with Crippen LogP contribution in [0.15, 0.2) is 47.5 Å². The minimum Gasteiger partial charge on any atom is -0.507 e. The zero-order chi connectivity index (χ0) is 17.6. The number of benzene rings is 2. The Morgan fingerprint density at radius 2 is 2.04 bits per heavy atom. The minimum atomic E-state index is 0.187. The molecule has 0 unspecified atom stereocenters. The van der Waals surface area contributed by atoms with Gasteiger partial charge in [0, 0.05) is 16.8 Å². The van der Waals surface area contributed by atoms with Crippen molar-refractivity contribution in [1.82, 2.24) is 4.90 Å². The van der Waals surface area contributed by atoms with Crippen molar-refractivity contribution >= 4 is 17.8 Å². The van der Waals surface area contributed by atoms with Crippen molar-refractivity contribution in [3.05, 3.63) is 58.6 Å². The second-order valence-corrected chi connectivity index (χ2v) is 6.67. The highest BCUT2D eigenvalue weighted by Crippen LogP contribution is 2.28. The van der Waals surface area contributed by atoms with Crippen molar-refractivity contribution in [1.29, 1.82) is 0 Å². The van der Waals surface area contributed by atoms with E-state index < -0.39 is 0 Å². The standard InChI is InChI=1S/C20H23ClN2O2/c1-25-18-6-4-5-15(12-18)19(23-9-2-3-10-23)14-22-13-16-11-17(21)7-8-20(16)24/h4-8,11-13,19,24H,2-3,9-10,14H2,1H3/t19-/m1/s1. The number of hydrogen-bond donors (Lipinski definition) is 1. The molecule has 1 aliphatic heterocycles. The lowest BCUT2D eigenvalue weighted by molar-refractivity contribution is 0.251. The molecule has 25 heavy (non-hydrogen) atoms.